The topological polar surface area (TPSA) is 65.0 Å². The second-order valence-electron chi connectivity index (χ2n) is 7.22. The molecule has 1 aromatic rings. The number of aryl methyl sites for hydroxylation is 2. The molecule has 1 aliphatic rings. The molecule has 5 heteroatoms. The number of esters is 1. The summed E-state index contributed by atoms with van der Waals surface area (Å²) >= 11 is 0. The van der Waals surface area contributed by atoms with Gasteiger partial charge in [-0.15, -0.1) is 0 Å². The Morgan fingerprint density at radius 1 is 1.07 bits per heavy atom. The van der Waals surface area contributed by atoms with Gasteiger partial charge < -0.3 is 19.3 Å². The Hall–Kier alpha value is -1.59. The van der Waals surface area contributed by atoms with E-state index in [4.69, 9.17) is 14.2 Å². The minimum atomic E-state index is -0.214. The van der Waals surface area contributed by atoms with Crippen LogP contribution in [0.3, 0.4) is 0 Å². The molecule has 1 fully saturated rings. The normalized spacial score (nSPS) is 15.0. The lowest BCUT2D eigenvalue weighted by molar-refractivity contribution is -0.145. The number of hydrogen-bond donors (Lipinski definition) is 1. The van der Waals surface area contributed by atoms with E-state index in [9.17, 15) is 9.90 Å². The highest BCUT2D eigenvalue weighted by molar-refractivity contribution is 5.69. The van der Waals surface area contributed by atoms with E-state index in [-0.39, 0.29) is 12.6 Å². The van der Waals surface area contributed by atoms with Crippen LogP contribution >= 0.6 is 0 Å². The minimum absolute atomic E-state index is 0.214. The maximum Gasteiger partial charge on any atom is 0.306 e. The highest BCUT2D eigenvalue weighted by Crippen LogP contribution is 2.39. The molecule has 27 heavy (non-hydrogen) atoms. The van der Waals surface area contributed by atoms with Gasteiger partial charge in [0.2, 0.25) is 0 Å². The molecule has 152 valence electrons. The Morgan fingerprint density at radius 3 is 2.52 bits per heavy atom. The number of phenolic OH excluding ortho intramolecular Hbond substituents is 1. The van der Waals surface area contributed by atoms with Crippen LogP contribution in [0, 0.1) is 6.92 Å². The molecule has 2 rings (SSSR count). The molecule has 1 saturated carbocycles. The van der Waals surface area contributed by atoms with Crippen molar-refractivity contribution in [1.29, 1.82) is 0 Å². The number of hydrogen-bond acceptors (Lipinski definition) is 5. The highest BCUT2D eigenvalue weighted by atomic mass is 16.6. The van der Waals surface area contributed by atoms with Gasteiger partial charge in [0, 0.05) is 13.0 Å². The van der Waals surface area contributed by atoms with Gasteiger partial charge in [-0.05, 0) is 55.7 Å². The second kappa shape index (κ2) is 12.0. The van der Waals surface area contributed by atoms with Gasteiger partial charge in [0.1, 0.15) is 12.4 Å². The van der Waals surface area contributed by atoms with E-state index in [2.05, 4.69) is 6.07 Å². The van der Waals surface area contributed by atoms with E-state index >= 15 is 0 Å². The first-order chi connectivity index (χ1) is 13.1. The Morgan fingerprint density at radius 2 is 1.78 bits per heavy atom. The Bertz CT molecular complexity index is 578. The van der Waals surface area contributed by atoms with E-state index < -0.39 is 0 Å². The molecule has 0 amide bonds. The van der Waals surface area contributed by atoms with Crippen LogP contribution in [0.2, 0.25) is 0 Å². The summed E-state index contributed by atoms with van der Waals surface area (Å²) in [7, 11) is 0. The van der Waals surface area contributed by atoms with Gasteiger partial charge in [-0.25, -0.2) is 0 Å². The van der Waals surface area contributed by atoms with E-state index in [1.54, 1.807) is 0 Å². The largest absolute Gasteiger partial charge is 0.507 e. The van der Waals surface area contributed by atoms with Crippen LogP contribution in [0.4, 0.5) is 0 Å². The fraction of sp³-hybridized carbons (Fsp3) is 0.682. The molecule has 1 aliphatic carbocycles. The van der Waals surface area contributed by atoms with Crippen molar-refractivity contribution in [3.63, 3.8) is 0 Å². The summed E-state index contributed by atoms with van der Waals surface area (Å²) < 4.78 is 15.7. The predicted octanol–water partition coefficient (Wildman–Crippen LogP) is 4.28. The van der Waals surface area contributed by atoms with Crippen LogP contribution in [-0.4, -0.2) is 44.1 Å². The predicted molar refractivity (Wildman–Crippen MR) is 105 cm³/mol. The Kier molecular flexibility index (Phi) is 9.64. The first kappa shape index (κ1) is 21.7. The fourth-order valence-corrected chi connectivity index (χ4v) is 3.65. The summed E-state index contributed by atoms with van der Waals surface area (Å²) in [6, 6.07) is 4.06. The number of rotatable bonds is 11. The molecule has 0 bridgehead atoms. The smallest absolute Gasteiger partial charge is 0.306 e. The molecule has 0 atom stereocenters. The first-order valence-corrected chi connectivity index (χ1v) is 10.2. The Balaban J connectivity index is 1.76. The molecule has 5 nitrogen and oxygen atoms in total. The van der Waals surface area contributed by atoms with E-state index in [0.29, 0.717) is 50.9 Å². The summed E-state index contributed by atoms with van der Waals surface area (Å²) in [6.07, 6.45) is 7.00. The third-order valence-corrected chi connectivity index (χ3v) is 5.12. The van der Waals surface area contributed by atoms with Crippen molar-refractivity contribution >= 4 is 5.97 Å². The number of benzene rings is 1. The lowest BCUT2D eigenvalue weighted by Crippen LogP contribution is -2.13. The molecule has 0 aliphatic heterocycles. The summed E-state index contributed by atoms with van der Waals surface area (Å²) in [5.41, 5.74) is 3.04. The molecule has 0 aromatic heterocycles. The standard InChI is InChI=1S/C22H34O5/c1-3-25-11-12-26-13-14-27-21(23)10-9-18-15-17(2)22(24)20(16-18)19-7-5-4-6-8-19/h15-16,19,24H,3-14H2,1-2H3. The summed E-state index contributed by atoms with van der Waals surface area (Å²) in [6.45, 7) is 6.29. The van der Waals surface area contributed by atoms with Crippen molar-refractivity contribution in [1.82, 2.24) is 0 Å². The van der Waals surface area contributed by atoms with Crippen molar-refractivity contribution < 1.29 is 24.1 Å². The number of phenols is 1. The molecular weight excluding hydrogens is 344 g/mol. The second-order valence-corrected chi connectivity index (χ2v) is 7.22. The number of aromatic hydroxyl groups is 1. The highest BCUT2D eigenvalue weighted by Gasteiger charge is 2.20. The van der Waals surface area contributed by atoms with Gasteiger partial charge in [-0.3, -0.25) is 4.79 Å². The van der Waals surface area contributed by atoms with Crippen LogP contribution in [-0.2, 0) is 25.4 Å². The van der Waals surface area contributed by atoms with Crippen LogP contribution in [0.25, 0.3) is 0 Å². The summed E-state index contributed by atoms with van der Waals surface area (Å²) in [5, 5.41) is 10.5. The number of ether oxygens (including phenoxy) is 3. The lowest BCUT2D eigenvalue weighted by atomic mass is 9.82. The molecule has 0 heterocycles. The zero-order valence-electron chi connectivity index (χ0n) is 16.8. The molecule has 0 unspecified atom stereocenters. The van der Waals surface area contributed by atoms with Crippen LogP contribution < -0.4 is 0 Å². The maximum absolute atomic E-state index is 11.9. The van der Waals surface area contributed by atoms with Gasteiger partial charge >= 0.3 is 5.97 Å². The van der Waals surface area contributed by atoms with Crippen molar-refractivity contribution in [3.05, 3.63) is 28.8 Å². The van der Waals surface area contributed by atoms with Gasteiger partial charge in [0.25, 0.3) is 0 Å². The average Bonchev–Trinajstić information content (AvgIpc) is 2.68. The average molecular weight is 379 g/mol. The molecule has 0 saturated heterocycles. The Labute approximate surface area is 163 Å². The van der Waals surface area contributed by atoms with Crippen molar-refractivity contribution in [3.8, 4) is 5.75 Å². The van der Waals surface area contributed by atoms with Gasteiger partial charge in [0.15, 0.2) is 0 Å². The zero-order valence-corrected chi connectivity index (χ0v) is 16.8. The van der Waals surface area contributed by atoms with E-state index in [1.807, 2.05) is 19.9 Å². The fourth-order valence-electron chi connectivity index (χ4n) is 3.65. The molecular formula is C22H34O5. The lowest BCUT2D eigenvalue weighted by Gasteiger charge is -2.24. The molecule has 1 aromatic carbocycles. The first-order valence-electron chi connectivity index (χ1n) is 10.2. The zero-order chi connectivity index (χ0) is 19.5. The van der Waals surface area contributed by atoms with Crippen molar-refractivity contribution in [2.75, 3.05) is 33.0 Å². The van der Waals surface area contributed by atoms with E-state index in [1.165, 1.54) is 19.3 Å². The van der Waals surface area contributed by atoms with Gasteiger partial charge in [-0.2, -0.15) is 0 Å². The maximum atomic E-state index is 11.9. The van der Waals surface area contributed by atoms with Crippen LogP contribution in [0.15, 0.2) is 12.1 Å². The van der Waals surface area contributed by atoms with Gasteiger partial charge in [-0.1, -0.05) is 31.4 Å². The summed E-state index contributed by atoms with van der Waals surface area (Å²) in [4.78, 5) is 11.9. The SMILES string of the molecule is CCOCCOCCOC(=O)CCc1cc(C)c(O)c(C2CCCCC2)c1. The number of carbonyl (C=O) groups excluding carboxylic acids is 1. The third-order valence-electron chi connectivity index (χ3n) is 5.12. The number of carbonyl (C=O) groups is 1. The third kappa shape index (κ3) is 7.51. The monoisotopic (exact) mass is 378 g/mol. The molecule has 0 radical (unpaired) electrons. The minimum Gasteiger partial charge on any atom is -0.507 e. The van der Waals surface area contributed by atoms with Crippen LogP contribution in [0.1, 0.15) is 68.1 Å². The van der Waals surface area contributed by atoms with Crippen LogP contribution in [0.5, 0.6) is 5.75 Å². The molecule has 1 N–H and O–H groups in total. The van der Waals surface area contributed by atoms with Crippen molar-refractivity contribution in [2.45, 2.75) is 64.7 Å². The van der Waals surface area contributed by atoms with Crippen molar-refractivity contribution in [2.24, 2.45) is 0 Å². The van der Waals surface area contributed by atoms with E-state index in [0.717, 1.165) is 29.5 Å². The molecule has 0 spiro atoms. The quantitative estimate of drug-likeness (QED) is 0.460. The summed E-state index contributed by atoms with van der Waals surface area (Å²) in [5.74, 6) is 0.656. The van der Waals surface area contributed by atoms with Gasteiger partial charge in [0.05, 0.1) is 19.8 Å².